The molecule has 0 fully saturated rings. The Morgan fingerprint density at radius 2 is 2.24 bits per heavy atom. The molecule has 2 N–H and O–H groups in total. The van der Waals surface area contributed by atoms with Crippen LogP contribution in [0.1, 0.15) is 5.56 Å². The largest absolute Gasteiger partial charge is 0.480 e. The summed E-state index contributed by atoms with van der Waals surface area (Å²) in [5.41, 5.74) is 3.80. The number of hydrogen-bond acceptors (Lipinski definition) is 3. The maximum atomic E-state index is 10.2. The van der Waals surface area contributed by atoms with Crippen LogP contribution in [-0.2, 0) is 9.53 Å². The Balaban J connectivity index is 1.71. The molecule has 1 heterocycles. The maximum absolute atomic E-state index is 10.2. The molecule has 2 rings (SSSR count). The summed E-state index contributed by atoms with van der Waals surface area (Å²) in [6.45, 7) is 0.737. The zero-order chi connectivity index (χ0) is 12.1. The van der Waals surface area contributed by atoms with Crippen LogP contribution in [-0.4, -0.2) is 38.2 Å². The smallest absolute Gasteiger partial charge is 0.317 e. The number of carboxylic acids is 1. The minimum atomic E-state index is -0.874. The summed E-state index contributed by atoms with van der Waals surface area (Å²) in [6, 6.07) is 8.25. The Morgan fingerprint density at radius 1 is 1.41 bits per heavy atom. The van der Waals surface area contributed by atoms with Gasteiger partial charge in [-0.15, -0.1) is 0 Å². The predicted octanol–water partition coefficient (Wildman–Crippen LogP) is -0.249. The molecule has 1 aromatic rings. The van der Waals surface area contributed by atoms with Gasteiger partial charge in [-0.1, -0.05) is 41.3 Å². The molecule has 17 heavy (non-hydrogen) atoms. The number of fused-ring (bicyclic) bond motifs is 1. The summed E-state index contributed by atoms with van der Waals surface area (Å²) >= 11 is 0. The van der Waals surface area contributed by atoms with E-state index in [0.29, 0.717) is 6.61 Å². The van der Waals surface area contributed by atoms with Crippen LogP contribution in [0.15, 0.2) is 29.7 Å². The van der Waals surface area contributed by atoms with Crippen LogP contribution in [0.25, 0.3) is 6.08 Å². The lowest BCUT2D eigenvalue weighted by atomic mass is 9.67. The summed E-state index contributed by atoms with van der Waals surface area (Å²) in [6.07, 6.45) is 2.13. The highest BCUT2D eigenvalue weighted by Crippen LogP contribution is 2.11. The third-order valence-corrected chi connectivity index (χ3v) is 2.60. The van der Waals surface area contributed by atoms with Gasteiger partial charge in [0.1, 0.15) is 0 Å². The van der Waals surface area contributed by atoms with Crippen molar-refractivity contribution in [1.29, 1.82) is 0 Å². The van der Waals surface area contributed by atoms with Crippen molar-refractivity contribution in [1.82, 2.24) is 5.32 Å². The normalized spacial score (nSPS) is 12.8. The van der Waals surface area contributed by atoms with Crippen molar-refractivity contribution < 1.29 is 14.6 Å². The third kappa shape index (κ3) is 3.44. The van der Waals surface area contributed by atoms with Gasteiger partial charge in [-0.05, 0) is 5.56 Å². The van der Waals surface area contributed by atoms with Crippen molar-refractivity contribution in [2.45, 2.75) is 0 Å². The molecule has 0 atom stereocenters. The number of benzene rings is 1. The second-order valence-electron chi connectivity index (χ2n) is 3.99. The van der Waals surface area contributed by atoms with Gasteiger partial charge in [0.05, 0.1) is 19.9 Å². The van der Waals surface area contributed by atoms with E-state index in [-0.39, 0.29) is 13.3 Å². The molecule has 0 radical (unpaired) electrons. The molecular weight excluding hydrogens is 217 g/mol. The summed E-state index contributed by atoms with van der Waals surface area (Å²) < 4.78 is 5.36. The number of carbonyl (C=O) groups is 1. The third-order valence-electron chi connectivity index (χ3n) is 2.60. The van der Waals surface area contributed by atoms with Crippen LogP contribution < -0.4 is 10.8 Å². The first-order valence-electron chi connectivity index (χ1n) is 5.53. The van der Waals surface area contributed by atoms with E-state index >= 15 is 0 Å². The summed E-state index contributed by atoms with van der Waals surface area (Å²) in [4.78, 5) is 10.2. The van der Waals surface area contributed by atoms with Crippen molar-refractivity contribution >= 4 is 24.8 Å². The lowest BCUT2D eigenvalue weighted by molar-refractivity contribution is -0.136. The molecule has 4 nitrogen and oxygen atoms in total. The minimum absolute atomic E-state index is 0.0702. The molecular formula is C12H14BNO3. The van der Waals surface area contributed by atoms with E-state index in [0.717, 1.165) is 7.28 Å². The number of nitrogens with one attached hydrogen (secondary N) is 1. The van der Waals surface area contributed by atoms with E-state index in [4.69, 9.17) is 9.84 Å². The number of hydrogen-bond donors (Lipinski definition) is 2. The first kappa shape index (κ1) is 11.9. The quantitative estimate of drug-likeness (QED) is 0.402. The number of carboxylic acid groups (broad SMARTS) is 1. The van der Waals surface area contributed by atoms with Crippen LogP contribution >= 0.6 is 0 Å². The molecule has 0 aromatic heterocycles. The Morgan fingerprint density at radius 3 is 3.00 bits per heavy atom. The van der Waals surface area contributed by atoms with E-state index in [1.165, 1.54) is 16.5 Å². The Kier molecular flexibility index (Phi) is 3.96. The van der Waals surface area contributed by atoms with Gasteiger partial charge in [0, 0.05) is 0 Å². The molecule has 0 saturated carbocycles. The van der Waals surface area contributed by atoms with Crippen LogP contribution in [0.3, 0.4) is 0 Å². The Bertz CT molecular complexity index is 445. The second kappa shape index (κ2) is 5.66. The van der Waals surface area contributed by atoms with E-state index in [9.17, 15) is 4.79 Å². The summed E-state index contributed by atoms with van der Waals surface area (Å²) in [7, 11) is 0.926. The number of aliphatic carboxylic acids is 1. The van der Waals surface area contributed by atoms with E-state index in [1.807, 2.05) is 12.1 Å². The molecule has 5 heteroatoms. The van der Waals surface area contributed by atoms with E-state index < -0.39 is 5.97 Å². The average molecular weight is 231 g/mol. The zero-order valence-electron chi connectivity index (χ0n) is 9.48. The predicted molar refractivity (Wildman–Crippen MR) is 67.7 cm³/mol. The van der Waals surface area contributed by atoms with Gasteiger partial charge < -0.3 is 9.84 Å². The fraction of sp³-hybridized carbons (Fsp3) is 0.250. The highest BCUT2D eigenvalue weighted by molar-refractivity contribution is 6.65. The van der Waals surface area contributed by atoms with Crippen LogP contribution in [0.5, 0.6) is 0 Å². The van der Waals surface area contributed by atoms with Gasteiger partial charge in [0.25, 0.3) is 0 Å². The molecule has 1 aliphatic rings. The molecule has 0 bridgehead atoms. The van der Waals surface area contributed by atoms with E-state index in [1.54, 1.807) is 0 Å². The molecule has 0 aliphatic carbocycles. The number of rotatable bonds is 6. The topological polar surface area (TPSA) is 58.6 Å². The zero-order valence-corrected chi connectivity index (χ0v) is 9.48. The van der Waals surface area contributed by atoms with Crippen molar-refractivity contribution in [3.8, 4) is 0 Å². The molecule has 0 spiro atoms. The first-order valence-corrected chi connectivity index (χ1v) is 5.53. The van der Waals surface area contributed by atoms with Crippen molar-refractivity contribution in [2.75, 3.05) is 19.9 Å². The van der Waals surface area contributed by atoms with Crippen molar-refractivity contribution in [2.24, 2.45) is 0 Å². The van der Waals surface area contributed by atoms with Gasteiger partial charge in [-0.3, -0.25) is 10.1 Å². The summed E-state index contributed by atoms with van der Waals surface area (Å²) in [5, 5.41) is 11.1. The molecule has 88 valence electrons. The Hall–Kier alpha value is -1.59. The Labute approximate surface area is 101 Å². The van der Waals surface area contributed by atoms with Gasteiger partial charge in [0.2, 0.25) is 0 Å². The average Bonchev–Trinajstić information content (AvgIpc) is 2.70. The fourth-order valence-corrected chi connectivity index (χ4v) is 1.86. The molecule has 0 amide bonds. The van der Waals surface area contributed by atoms with Crippen LogP contribution in [0, 0.1) is 0 Å². The lowest BCUT2D eigenvalue weighted by Gasteiger charge is -2.04. The molecule has 1 aromatic carbocycles. The maximum Gasteiger partial charge on any atom is 0.317 e. The van der Waals surface area contributed by atoms with Gasteiger partial charge in [-0.2, -0.15) is 0 Å². The highest BCUT2D eigenvalue weighted by atomic mass is 16.5. The first-order chi connectivity index (χ1) is 8.25. The van der Waals surface area contributed by atoms with Gasteiger partial charge in [0.15, 0.2) is 7.28 Å². The SMILES string of the molecule is O=C(O)CNCOCC1=Cc2ccccc2B1. The monoisotopic (exact) mass is 231 g/mol. The fourth-order valence-electron chi connectivity index (χ4n) is 1.86. The van der Waals surface area contributed by atoms with Gasteiger partial charge >= 0.3 is 5.97 Å². The van der Waals surface area contributed by atoms with Crippen molar-refractivity contribution in [3.63, 3.8) is 0 Å². The van der Waals surface area contributed by atoms with E-state index in [2.05, 4.69) is 23.5 Å². The molecule has 1 aliphatic heterocycles. The highest BCUT2D eigenvalue weighted by Gasteiger charge is 2.12. The number of ether oxygens (including phenoxy) is 1. The molecule has 0 unspecified atom stereocenters. The second-order valence-corrected chi connectivity index (χ2v) is 3.99. The van der Waals surface area contributed by atoms with Crippen LogP contribution in [0.4, 0.5) is 0 Å². The van der Waals surface area contributed by atoms with Crippen molar-refractivity contribution in [3.05, 3.63) is 35.3 Å². The minimum Gasteiger partial charge on any atom is -0.480 e. The van der Waals surface area contributed by atoms with Gasteiger partial charge in [-0.25, -0.2) is 0 Å². The standard InChI is InChI=1S/C12H14BNO3/c15-12(16)6-14-8-17-7-10-5-9-3-1-2-4-11(9)13-10/h1-5,13-14H,6-8H2,(H,15,16). The molecule has 0 saturated heterocycles. The lowest BCUT2D eigenvalue weighted by Crippen LogP contribution is -2.26. The summed E-state index contributed by atoms with van der Waals surface area (Å²) in [5.74, 6) is -0.874. The van der Waals surface area contributed by atoms with Crippen LogP contribution in [0.2, 0.25) is 0 Å².